The number of hydrogen-bond donors (Lipinski definition) is 0. The Labute approximate surface area is 165 Å². The lowest BCUT2D eigenvalue weighted by atomic mass is 9.76. The molecule has 2 saturated heterocycles. The van der Waals surface area contributed by atoms with Gasteiger partial charge in [-0.1, -0.05) is 54.8 Å². The van der Waals surface area contributed by atoms with Crippen LogP contribution < -0.4 is 0 Å². The molecule has 1 atom stereocenters. The van der Waals surface area contributed by atoms with Crippen molar-refractivity contribution in [3.8, 4) is 11.4 Å². The zero-order valence-electron chi connectivity index (χ0n) is 16.5. The van der Waals surface area contributed by atoms with Crippen molar-refractivity contribution in [2.45, 2.75) is 44.6 Å². The summed E-state index contributed by atoms with van der Waals surface area (Å²) in [5, 5.41) is 4.18. The summed E-state index contributed by atoms with van der Waals surface area (Å²) >= 11 is 0. The molecule has 1 spiro atoms. The Hall–Kier alpha value is -2.21. The van der Waals surface area contributed by atoms with E-state index in [1.54, 1.807) is 0 Å². The van der Waals surface area contributed by atoms with Crippen molar-refractivity contribution >= 4 is 5.91 Å². The van der Waals surface area contributed by atoms with Gasteiger partial charge in [0.1, 0.15) is 0 Å². The van der Waals surface area contributed by atoms with Crippen LogP contribution in [0.4, 0.5) is 0 Å². The molecule has 1 amide bonds. The standard InChI is InChI=1S/C22H28N4O2/c1-25-13-22(14-26(15-22)21(27)17-10-6-3-7-11-17)12-18(25)20-23-19(24-28-20)16-8-4-2-5-9-16/h2,4-5,8-9,17-18H,3,6-7,10-15H2,1H3. The van der Waals surface area contributed by atoms with Crippen molar-refractivity contribution in [1.82, 2.24) is 19.9 Å². The first-order valence-corrected chi connectivity index (χ1v) is 10.5. The second kappa shape index (κ2) is 6.99. The van der Waals surface area contributed by atoms with E-state index >= 15 is 0 Å². The molecule has 0 radical (unpaired) electrons. The Balaban J connectivity index is 1.24. The van der Waals surface area contributed by atoms with Crippen LogP contribution in [0.25, 0.3) is 11.4 Å². The Bertz CT molecular complexity index is 837. The Kier molecular flexibility index (Phi) is 4.46. The number of likely N-dealkylation sites (tertiary alicyclic amines) is 2. The van der Waals surface area contributed by atoms with Gasteiger partial charge in [-0.3, -0.25) is 9.69 Å². The molecule has 6 nitrogen and oxygen atoms in total. The molecule has 5 rings (SSSR count). The first kappa shape index (κ1) is 17.9. The number of aromatic nitrogens is 2. The summed E-state index contributed by atoms with van der Waals surface area (Å²) in [5.74, 6) is 1.99. The van der Waals surface area contributed by atoms with E-state index in [1.807, 2.05) is 30.3 Å². The smallest absolute Gasteiger partial charge is 0.244 e. The molecular formula is C22H28N4O2. The summed E-state index contributed by atoms with van der Waals surface area (Å²) in [6, 6.07) is 10.1. The summed E-state index contributed by atoms with van der Waals surface area (Å²) in [6.07, 6.45) is 6.84. The normalized spacial score (nSPS) is 25.2. The lowest BCUT2D eigenvalue weighted by Gasteiger charge is -2.49. The van der Waals surface area contributed by atoms with Crippen LogP contribution in [0.5, 0.6) is 0 Å². The summed E-state index contributed by atoms with van der Waals surface area (Å²) < 4.78 is 5.62. The van der Waals surface area contributed by atoms with Crippen LogP contribution in [0, 0.1) is 11.3 Å². The molecule has 3 heterocycles. The van der Waals surface area contributed by atoms with Gasteiger partial charge in [-0.15, -0.1) is 0 Å². The van der Waals surface area contributed by atoms with E-state index in [2.05, 4.69) is 27.0 Å². The van der Waals surface area contributed by atoms with Gasteiger partial charge in [0.25, 0.3) is 0 Å². The maximum absolute atomic E-state index is 12.8. The molecule has 148 valence electrons. The fraction of sp³-hybridized carbons (Fsp3) is 0.591. The highest BCUT2D eigenvalue weighted by molar-refractivity contribution is 5.80. The molecular weight excluding hydrogens is 352 g/mol. The second-order valence-corrected chi connectivity index (χ2v) is 8.99. The predicted molar refractivity (Wildman–Crippen MR) is 105 cm³/mol. The quantitative estimate of drug-likeness (QED) is 0.815. The monoisotopic (exact) mass is 380 g/mol. The van der Waals surface area contributed by atoms with Crippen molar-refractivity contribution in [1.29, 1.82) is 0 Å². The van der Waals surface area contributed by atoms with Gasteiger partial charge in [0.05, 0.1) is 6.04 Å². The molecule has 6 heteroatoms. The number of nitrogens with zero attached hydrogens (tertiary/aromatic N) is 4. The maximum atomic E-state index is 12.8. The Morgan fingerprint density at radius 1 is 1.11 bits per heavy atom. The van der Waals surface area contributed by atoms with Crippen LogP contribution in [0.15, 0.2) is 34.9 Å². The minimum absolute atomic E-state index is 0.136. The van der Waals surface area contributed by atoms with Crippen LogP contribution in [-0.4, -0.2) is 52.5 Å². The molecule has 1 aromatic heterocycles. The van der Waals surface area contributed by atoms with Gasteiger partial charge in [0.2, 0.25) is 17.6 Å². The molecule has 28 heavy (non-hydrogen) atoms. The van der Waals surface area contributed by atoms with E-state index in [4.69, 9.17) is 4.52 Å². The molecule has 1 unspecified atom stereocenters. The van der Waals surface area contributed by atoms with Crippen molar-refractivity contribution in [2.24, 2.45) is 11.3 Å². The van der Waals surface area contributed by atoms with Crippen LogP contribution in [0.1, 0.15) is 50.5 Å². The first-order chi connectivity index (χ1) is 13.6. The van der Waals surface area contributed by atoms with Gasteiger partial charge < -0.3 is 9.42 Å². The van der Waals surface area contributed by atoms with E-state index in [0.717, 1.165) is 44.5 Å². The predicted octanol–water partition coefficient (Wildman–Crippen LogP) is 3.52. The topological polar surface area (TPSA) is 62.5 Å². The van der Waals surface area contributed by atoms with Crippen molar-refractivity contribution in [3.05, 3.63) is 36.2 Å². The largest absolute Gasteiger partial charge is 0.341 e. The van der Waals surface area contributed by atoms with E-state index in [0.29, 0.717) is 17.6 Å². The summed E-state index contributed by atoms with van der Waals surface area (Å²) in [4.78, 5) is 21.9. The number of carbonyl (C=O) groups excluding carboxylic acids is 1. The average Bonchev–Trinajstić information content (AvgIpc) is 3.32. The molecule has 3 aliphatic rings. The van der Waals surface area contributed by atoms with Gasteiger partial charge in [0, 0.05) is 36.5 Å². The minimum atomic E-state index is 0.136. The van der Waals surface area contributed by atoms with Crippen LogP contribution in [0.3, 0.4) is 0 Å². The fourth-order valence-corrected chi connectivity index (χ4v) is 5.38. The SMILES string of the molecule is CN1CC2(CC1c1nc(-c3ccccc3)no1)CN(C(=O)C1CCCCC1)C2. The minimum Gasteiger partial charge on any atom is -0.341 e. The average molecular weight is 380 g/mol. The van der Waals surface area contributed by atoms with Crippen molar-refractivity contribution < 1.29 is 9.32 Å². The first-order valence-electron chi connectivity index (χ1n) is 10.5. The Morgan fingerprint density at radius 2 is 1.86 bits per heavy atom. The third kappa shape index (κ3) is 3.13. The highest BCUT2D eigenvalue weighted by Crippen LogP contribution is 2.48. The number of benzene rings is 1. The highest BCUT2D eigenvalue weighted by Gasteiger charge is 2.53. The van der Waals surface area contributed by atoms with E-state index in [9.17, 15) is 4.79 Å². The van der Waals surface area contributed by atoms with E-state index in [-0.39, 0.29) is 17.4 Å². The van der Waals surface area contributed by atoms with Gasteiger partial charge in [0.15, 0.2) is 0 Å². The molecule has 2 aliphatic heterocycles. The second-order valence-electron chi connectivity index (χ2n) is 8.99. The van der Waals surface area contributed by atoms with Gasteiger partial charge >= 0.3 is 0 Å². The molecule has 1 saturated carbocycles. The maximum Gasteiger partial charge on any atom is 0.244 e. The Morgan fingerprint density at radius 3 is 2.61 bits per heavy atom. The van der Waals surface area contributed by atoms with Crippen molar-refractivity contribution in [3.63, 3.8) is 0 Å². The molecule has 0 bridgehead atoms. The number of rotatable bonds is 3. The zero-order chi connectivity index (χ0) is 19.1. The molecule has 2 aromatic rings. The van der Waals surface area contributed by atoms with Crippen LogP contribution >= 0.6 is 0 Å². The van der Waals surface area contributed by atoms with Crippen LogP contribution in [-0.2, 0) is 4.79 Å². The van der Waals surface area contributed by atoms with Crippen molar-refractivity contribution in [2.75, 3.05) is 26.7 Å². The van der Waals surface area contributed by atoms with E-state index in [1.165, 1.54) is 19.3 Å². The summed E-state index contributed by atoms with van der Waals surface area (Å²) in [6.45, 7) is 2.74. The molecule has 0 N–H and O–H groups in total. The van der Waals surface area contributed by atoms with Gasteiger partial charge in [-0.2, -0.15) is 4.98 Å². The van der Waals surface area contributed by atoms with E-state index < -0.39 is 0 Å². The number of hydrogen-bond acceptors (Lipinski definition) is 5. The van der Waals surface area contributed by atoms with Gasteiger partial charge in [-0.05, 0) is 26.3 Å². The fourth-order valence-electron chi connectivity index (χ4n) is 5.38. The summed E-state index contributed by atoms with van der Waals surface area (Å²) in [7, 11) is 2.12. The number of carbonyl (C=O) groups is 1. The lowest BCUT2D eigenvalue weighted by Crippen LogP contribution is -2.60. The number of amides is 1. The molecule has 1 aromatic carbocycles. The highest BCUT2D eigenvalue weighted by atomic mass is 16.5. The lowest BCUT2D eigenvalue weighted by molar-refractivity contribution is -0.148. The zero-order valence-corrected chi connectivity index (χ0v) is 16.5. The summed E-state index contributed by atoms with van der Waals surface area (Å²) in [5.41, 5.74) is 1.16. The molecule has 1 aliphatic carbocycles. The van der Waals surface area contributed by atoms with Gasteiger partial charge in [-0.25, -0.2) is 0 Å². The molecule has 3 fully saturated rings. The third-order valence-corrected chi connectivity index (χ3v) is 6.82. The van der Waals surface area contributed by atoms with Crippen LogP contribution in [0.2, 0.25) is 0 Å². The third-order valence-electron chi connectivity index (χ3n) is 6.82.